The Kier molecular flexibility index (Phi) is 13.9. The lowest BCUT2D eigenvalue weighted by atomic mass is 9.88. The van der Waals surface area contributed by atoms with Gasteiger partial charge in [-0.25, -0.2) is 0 Å². The van der Waals surface area contributed by atoms with E-state index in [-0.39, 0.29) is 0 Å². The van der Waals surface area contributed by atoms with Crippen LogP contribution in [0, 0.1) is 11.8 Å². The van der Waals surface area contributed by atoms with Gasteiger partial charge in [0.1, 0.15) is 0 Å². The molecular formula is C13H29NO2. The maximum atomic E-state index is 8.95. The minimum atomic E-state index is 0.375. The number of hydrogen-bond donors (Lipinski definition) is 1. The lowest BCUT2D eigenvalue weighted by Gasteiger charge is -2.30. The van der Waals surface area contributed by atoms with E-state index in [2.05, 4.69) is 30.8 Å². The largest absolute Gasteiger partial charge is 0.471 e. The number of ether oxygens (including phenoxy) is 1. The zero-order chi connectivity index (χ0) is 13.0. The van der Waals surface area contributed by atoms with E-state index in [1.807, 2.05) is 13.8 Å². The van der Waals surface area contributed by atoms with Gasteiger partial charge >= 0.3 is 0 Å². The number of rotatable bonds is 2. The van der Waals surface area contributed by atoms with Crippen molar-refractivity contribution in [1.82, 2.24) is 5.32 Å². The molecule has 0 aromatic rings. The molecule has 1 N–H and O–H groups in total. The van der Waals surface area contributed by atoms with Crippen molar-refractivity contribution in [2.45, 2.75) is 53.5 Å². The number of methoxy groups -OCH3 is 1. The summed E-state index contributed by atoms with van der Waals surface area (Å²) in [6.07, 6.45) is 2.74. The molecule has 0 spiro atoms. The van der Waals surface area contributed by atoms with Crippen LogP contribution in [0.15, 0.2) is 0 Å². The van der Waals surface area contributed by atoms with Gasteiger partial charge in [0, 0.05) is 6.04 Å². The lowest BCUT2D eigenvalue weighted by molar-refractivity contribution is -0.126. The van der Waals surface area contributed by atoms with Crippen LogP contribution < -0.4 is 5.32 Å². The summed E-state index contributed by atoms with van der Waals surface area (Å²) in [5.41, 5.74) is 0. The number of carbonyl (C=O) groups is 1. The first-order valence-electron chi connectivity index (χ1n) is 6.31. The van der Waals surface area contributed by atoms with Gasteiger partial charge in [-0.05, 0) is 31.2 Å². The second-order valence-electron chi connectivity index (χ2n) is 4.27. The minimum Gasteiger partial charge on any atom is -0.471 e. The van der Waals surface area contributed by atoms with E-state index in [0.29, 0.717) is 6.47 Å². The zero-order valence-corrected chi connectivity index (χ0v) is 11.7. The first-order valence-corrected chi connectivity index (χ1v) is 6.31. The lowest BCUT2D eigenvalue weighted by Crippen LogP contribution is -2.40. The molecule has 2 atom stereocenters. The quantitative estimate of drug-likeness (QED) is 0.743. The smallest absolute Gasteiger partial charge is 0.292 e. The van der Waals surface area contributed by atoms with E-state index in [9.17, 15) is 0 Å². The Morgan fingerprint density at radius 3 is 2.12 bits per heavy atom. The molecule has 1 aliphatic heterocycles. The molecule has 0 amide bonds. The Morgan fingerprint density at radius 1 is 1.38 bits per heavy atom. The molecule has 1 fully saturated rings. The highest BCUT2D eigenvalue weighted by atomic mass is 16.5. The monoisotopic (exact) mass is 231 g/mol. The summed E-state index contributed by atoms with van der Waals surface area (Å²) in [6.45, 7) is 12.6. The SMILES string of the molecule is CC.CC1CCNC(C(C)C)C1.COC=O. The van der Waals surface area contributed by atoms with Gasteiger partial charge in [0.15, 0.2) is 0 Å². The van der Waals surface area contributed by atoms with Gasteiger partial charge < -0.3 is 10.1 Å². The third-order valence-corrected chi connectivity index (χ3v) is 2.60. The van der Waals surface area contributed by atoms with Gasteiger partial charge in [0.2, 0.25) is 0 Å². The molecule has 16 heavy (non-hydrogen) atoms. The van der Waals surface area contributed by atoms with Gasteiger partial charge in [-0.2, -0.15) is 0 Å². The van der Waals surface area contributed by atoms with Crippen molar-refractivity contribution in [3.63, 3.8) is 0 Å². The van der Waals surface area contributed by atoms with Gasteiger partial charge in [-0.3, -0.25) is 4.79 Å². The van der Waals surface area contributed by atoms with E-state index < -0.39 is 0 Å². The summed E-state index contributed by atoms with van der Waals surface area (Å²) in [7, 11) is 1.31. The third-order valence-electron chi connectivity index (χ3n) is 2.60. The summed E-state index contributed by atoms with van der Waals surface area (Å²) in [6, 6.07) is 0.781. The van der Waals surface area contributed by atoms with Gasteiger partial charge in [0.25, 0.3) is 6.47 Å². The molecule has 3 heteroatoms. The predicted molar refractivity (Wildman–Crippen MR) is 69.4 cm³/mol. The van der Waals surface area contributed by atoms with Crippen LogP contribution >= 0.6 is 0 Å². The van der Waals surface area contributed by atoms with Crippen molar-refractivity contribution in [3.8, 4) is 0 Å². The van der Waals surface area contributed by atoms with E-state index in [0.717, 1.165) is 17.9 Å². The van der Waals surface area contributed by atoms with E-state index in [1.165, 1.54) is 26.5 Å². The van der Waals surface area contributed by atoms with Crippen LogP contribution in [0.3, 0.4) is 0 Å². The van der Waals surface area contributed by atoms with E-state index >= 15 is 0 Å². The van der Waals surface area contributed by atoms with Crippen LogP contribution in [0.5, 0.6) is 0 Å². The molecule has 1 rings (SSSR count). The maximum absolute atomic E-state index is 8.95. The number of piperidine rings is 1. The highest BCUT2D eigenvalue weighted by Crippen LogP contribution is 2.19. The first-order chi connectivity index (χ1) is 7.61. The zero-order valence-electron chi connectivity index (χ0n) is 11.7. The second-order valence-corrected chi connectivity index (χ2v) is 4.27. The minimum absolute atomic E-state index is 0.375. The molecule has 1 heterocycles. The topological polar surface area (TPSA) is 38.3 Å². The van der Waals surface area contributed by atoms with E-state index in [4.69, 9.17) is 4.79 Å². The van der Waals surface area contributed by atoms with Gasteiger partial charge in [-0.1, -0.05) is 34.6 Å². The Morgan fingerprint density at radius 2 is 1.88 bits per heavy atom. The van der Waals surface area contributed by atoms with Crippen LogP contribution in [0.1, 0.15) is 47.5 Å². The molecule has 0 bridgehead atoms. The standard InChI is InChI=1S/C9H19N.C2H4O2.C2H6/c1-7(2)9-6-8(3)4-5-10-9;1-4-2-3;1-2/h7-10H,4-6H2,1-3H3;2H,1H3;1-2H3. The number of nitrogens with one attached hydrogen (secondary N) is 1. The third kappa shape index (κ3) is 9.97. The van der Waals surface area contributed by atoms with Crippen molar-refractivity contribution < 1.29 is 9.53 Å². The average Bonchev–Trinajstić information content (AvgIpc) is 2.32. The average molecular weight is 231 g/mol. The molecular weight excluding hydrogens is 202 g/mol. The normalized spacial score (nSPS) is 23.4. The predicted octanol–water partition coefficient (Wildman–Crippen LogP) is 2.85. The van der Waals surface area contributed by atoms with Crippen molar-refractivity contribution in [2.75, 3.05) is 13.7 Å². The van der Waals surface area contributed by atoms with Crippen molar-refractivity contribution in [1.29, 1.82) is 0 Å². The van der Waals surface area contributed by atoms with Gasteiger partial charge in [0.05, 0.1) is 7.11 Å². The fourth-order valence-corrected chi connectivity index (χ4v) is 1.66. The molecule has 1 saturated heterocycles. The van der Waals surface area contributed by atoms with Crippen LogP contribution in [-0.4, -0.2) is 26.2 Å². The van der Waals surface area contributed by atoms with E-state index in [1.54, 1.807) is 0 Å². The molecule has 0 radical (unpaired) electrons. The molecule has 0 saturated carbocycles. The highest BCUT2D eigenvalue weighted by molar-refractivity contribution is 5.36. The second kappa shape index (κ2) is 12.5. The molecule has 2 unspecified atom stereocenters. The Labute approximate surface area is 101 Å². The fraction of sp³-hybridized carbons (Fsp3) is 0.923. The summed E-state index contributed by atoms with van der Waals surface area (Å²) in [5.74, 6) is 1.75. The van der Waals surface area contributed by atoms with Crippen molar-refractivity contribution in [3.05, 3.63) is 0 Å². The van der Waals surface area contributed by atoms with Gasteiger partial charge in [-0.15, -0.1) is 0 Å². The summed E-state index contributed by atoms with van der Waals surface area (Å²) in [4.78, 5) is 8.95. The van der Waals surface area contributed by atoms with Crippen LogP contribution in [0.4, 0.5) is 0 Å². The molecule has 0 aliphatic carbocycles. The van der Waals surface area contributed by atoms with Crippen LogP contribution in [0.2, 0.25) is 0 Å². The van der Waals surface area contributed by atoms with Crippen molar-refractivity contribution in [2.24, 2.45) is 11.8 Å². The maximum Gasteiger partial charge on any atom is 0.292 e. The summed E-state index contributed by atoms with van der Waals surface area (Å²) in [5, 5.41) is 3.55. The van der Waals surface area contributed by atoms with Crippen LogP contribution in [0.25, 0.3) is 0 Å². The molecule has 0 aromatic carbocycles. The molecule has 1 aliphatic rings. The molecule has 0 aromatic heterocycles. The molecule has 98 valence electrons. The number of hydrogen-bond acceptors (Lipinski definition) is 3. The summed E-state index contributed by atoms with van der Waals surface area (Å²) >= 11 is 0. The molecule has 3 nitrogen and oxygen atoms in total. The Bertz CT molecular complexity index is 149. The highest BCUT2D eigenvalue weighted by Gasteiger charge is 2.19. The van der Waals surface area contributed by atoms with Crippen molar-refractivity contribution >= 4 is 6.47 Å². The van der Waals surface area contributed by atoms with Crippen LogP contribution in [-0.2, 0) is 9.53 Å². The number of carbonyl (C=O) groups excluding carboxylic acids is 1. The Balaban J connectivity index is 0. The fourth-order valence-electron chi connectivity index (χ4n) is 1.66. The Hall–Kier alpha value is -0.570. The summed E-state index contributed by atoms with van der Waals surface area (Å²) < 4.78 is 3.86. The first kappa shape index (κ1) is 17.8.